The Labute approximate surface area is 178 Å². The van der Waals surface area contributed by atoms with Crippen LogP contribution in [0.2, 0.25) is 0 Å². The third kappa shape index (κ3) is 3.74. The highest BCUT2D eigenvalue weighted by Gasteiger charge is 2.35. The van der Waals surface area contributed by atoms with Gasteiger partial charge in [0.05, 0.1) is 20.3 Å². The average Bonchev–Trinajstić information content (AvgIpc) is 3.32. The normalized spacial score (nSPS) is 16.1. The number of ether oxygens (including phenoxy) is 3. The second kappa shape index (κ2) is 8.78. The topological polar surface area (TPSA) is 40.6 Å². The monoisotopic (exact) mass is 403 g/mol. The van der Waals surface area contributed by atoms with E-state index in [4.69, 9.17) is 14.2 Å². The molecule has 1 aromatic heterocycles. The van der Waals surface area contributed by atoms with Crippen LogP contribution >= 0.6 is 0 Å². The van der Waals surface area contributed by atoms with Crippen molar-refractivity contribution in [2.45, 2.75) is 44.1 Å². The maximum absolute atomic E-state index is 6.39. The molecule has 30 heavy (non-hydrogen) atoms. The highest BCUT2D eigenvalue weighted by Crippen LogP contribution is 2.45. The average molecular weight is 404 g/mol. The van der Waals surface area contributed by atoms with Crippen molar-refractivity contribution in [3.63, 3.8) is 0 Å². The van der Waals surface area contributed by atoms with Crippen LogP contribution in [0.4, 0.5) is 0 Å². The maximum Gasteiger partial charge on any atom is 0.161 e. The standard InChI is InChI=1S/C26H29NO3/c1-26(19-14-16-27-17-15-19,22-10-6-7-11-23(22)28-2)20-12-13-24(29-3)25(18-20)30-21-8-4-5-9-21/h6-7,10-18,21H,4-5,8-9H2,1-3H3. The van der Waals surface area contributed by atoms with Gasteiger partial charge in [0.1, 0.15) is 5.75 Å². The Balaban J connectivity index is 1.87. The van der Waals surface area contributed by atoms with E-state index < -0.39 is 5.41 Å². The highest BCUT2D eigenvalue weighted by atomic mass is 16.5. The smallest absolute Gasteiger partial charge is 0.161 e. The predicted octanol–water partition coefficient (Wildman–Crippen LogP) is 5.77. The van der Waals surface area contributed by atoms with Crippen molar-refractivity contribution in [1.82, 2.24) is 4.98 Å². The summed E-state index contributed by atoms with van der Waals surface area (Å²) in [7, 11) is 3.41. The molecular formula is C26H29NO3. The van der Waals surface area contributed by atoms with Crippen LogP contribution in [0, 0.1) is 0 Å². The van der Waals surface area contributed by atoms with Crippen molar-refractivity contribution < 1.29 is 14.2 Å². The minimum absolute atomic E-state index is 0.257. The molecule has 0 spiro atoms. The lowest BCUT2D eigenvalue weighted by Crippen LogP contribution is -2.26. The third-order valence-corrected chi connectivity index (χ3v) is 6.24. The Morgan fingerprint density at radius 3 is 2.20 bits per heavy atom. The van der Waals surface area contributed by atoms with Crippen molar-refractivity contribution in [2.75, 3.05) is 14.2 Å². The van der Waals surface area contributed by atoms with Gasteiger partial charge in [-0.25, -0.2) is 0 Å². The number of hydrogen-bond acceptors (Lipinski definition) is 4. The lowest BCUT2D eigenvalue weighted by atomic mass is 9.71. The van der Waals surface area contributed by atoms with Gasteiger partial charge in [-0.15, -0.1) is 0 Å². The van der Waals surface area contributed by atoms with Crippen molar-refractivity contribution in [3.8, 4) is 17.2 Å². The fraction of sp³-hybridized carbons (Fsp3) is 0.346. The Hall–Kier alpha value is -3.01. The van der Waals surface area contributed by atoms with Crippen LogP contribution in [0.1, 0.15) is 49.3 Å². The maximum atomic E-state index is 6.39. The van der Waals surface area contributed by atoms with Crippen LogP contribution in [0.5, 0.6) is 17.2 Å². The molecule has 1 aliphatic carbocycles. The van der Waals surface area contributed by atoms with Gasteiger partial charge in [-0.2, -0.15) is 0 Å². The van der Waals surface area contributed by atoms with E-state index in [1.165, 1.54) is 12.8 Å². The van der Waals surface area contributed by atoms with Crippen LogP contribution in [0.15, 0.2) is 67.0 Å². The molecule has 0 N–H and O–H groups in total. The van der Waals surface area contributed by atoms with Gasteiger partial charge in [0.25, 0.3) is 0 Å². The minimum Gasteiger partial charge on any atom is -0.496 e. The highest BCUT2D eigenvalue weighted by molar-refractivity contribution is 5.57. The van der Waals surface area contributed by atoms with E-state index in [0.717, 1.165) is 46.8 Å². The number of pyridine rings is 1. The fourth-order valence-electron chi connectivity index (χ4n) is 4.49. The summed E-state index contributed by atoms with van der Waals surface area (Å²) in [5.74, 6) is 2.42. The summed E-state index contributed by atoms with van der Waals surface area (Å²) in [6.07, 6.45) is 8.58. The fourth-order valence-corrected chi connectivity index (χ4v) is 4.49. The number of rotatable bonds is 7. The molecule has 0 saturated heterocycles. The summed E-state index contributed by atoms with van der Waals surface area (Å²) in [5, 5.41) is 0. The molecule has 1 saturated carbocycles. The molecule has 0 radical (unpaired) electrons. The molecule has 4 heteroatoms. The van der Waals surface area contributed by atoms with E-state index in [2.05, 4.69) is 48.3 Å². The van der Waals surface area contributed by atoms with Gasteiger partial charge in [-0.05, 0) is 74.1 Å². The molecular weight excluding hydrogens is 374 g/mol. The number of hydrogen-bond donors (Lipinski definition) is 0. The van der Waals surface area contributed by atoms with E-state index in [9.17, 15) is 0 Å². The van der Waals surface area contributed by atoms with E-state index >= 15 is 0 Å². The number of nitrogens with zero attached hydrogens (tertiary/aromatic N) is 1. The Kier molecular flexibility index (Phi) is 5.93. The molecule has 156 valence electrons. The molecule has 1 aliphatic rings. The van der Waals surface area contributed by atoms with Crippen LogP contribution in [0.3, 0.4) is 0 Å². The molecule has 4 nitrogen and oxygen atoms in total. The molecule has 2 aromatic carbocycles. The Morgan fingerprint density at radius 2 is 1.50 bits per heavy atom. The minimum atomic E-state index is -0.449. The zero-order valence-corrected chi connectivity index (χ0v) is 17.9. The molecule has 0 bridgehead atoms. The van der Waals surface area contributed by atoms with Crippen LogP contribution in [-0.4, -0.2) is 25.3 Å². The second-order valence-electron chi connectivity index (χ2n) is 7.95. The summed E-state index contributed by atoms with van der Waals surface area (Å²) >= 11 is 0. The van der Waals surface area contributed by atoms with Crippen molar-refractivity contribution in [1.29, 1.82) is 0 Å². The summed E-state index contributed by atoms with van der Waals surface area (Å²) < 4.78 is 17.8. The van der Waals surface area contributed by atoms with Gasteiger partial charge in [-0.3, -0.25) is 4.98 Å². The van der Waals surface area contributed by atoms with Gasteiger partial charge in [0, 0.05) is 23.4 Å². The molecule has 0 aliphatic heterocycles. The molecule has 1 atom stereocenters. The van der Waals surface area contributed by atoms with E-state index in [1.54, 1.807) is 14.2 Å². The lowest BCUT2D eigenvalue weighted by molar-refractivity contribution is 0.200. The first kappa shape index (κ1) is 20.3. The molecule has 3 aromatic rings. The molecule has 4 rings (SSSR count). The second-order valence-corrected chi connectivity index (χ2v) is 7.95. The summed E-state index contributed by atoms with van der Waals surface area (Å²) in [4.78, 5) is 4.23. The van der Waals surface area contributed by atoms with Crippen molar-refractivity contribution in [2.24, 2.45) is 0 Å². The first-order valence-corrected chi connectivity index (χ1v) is 10.6. The Bertz CT molecular complexity index is 983. The SMILES string of the molecule is COc1ccc(C(C)(c2ccncc2)c2ccccc2OC)cc1OC1CCCC1. The van der Waals surface area contributed by atoms with Crippen molar-refractivity contribution >= 4 is 0 Å². The number of aromatic nitrogens is 1. The van der Waals surface area contributed by atoms with Crippen LogP contribution in [-0.2, 0) is 5.41 Å². The number of benzene rings is 2. The quantitative estimate of drug-likeness (QED) is 0.502. The van der Waals surface area contributed by atoms with Crippen molar-refractivity contribution in [3.05, 3.63) is 83.7 Å². The summed E-state index contributed by atoms with van der Waals surface area (Å²) in [5.41, 5.74) is 2.90. The first-order valence-electron chi connectivity index (χ1n) is 10.6. The van der Waals surface area contributed by atoms with Gasteiger partial charge < -0.3 is 14.2 Å². The van der Waals surface area contributed by atoms with Gasteiger partial charge >= 0.3 is 0 Å². The molecule has 1 fully saturated rings. The van der Waals surface area contributed by atoms with Crippen LogP contribution < -0.4 is 14.2 Å². The zero-order valence-electron chi connectivity index (χ0n) is 17.9. The van der Waals surface area contributed by atoms with Crippen LogP contribution in [0.25, 0.3) is 0 Å². The van der Waals surface area contributed by atoms with Gasteiger partial charge in [0.15, 0.2) is 11.5 Å². The molecule has 1 heterocycles. The summed E-state index contributed by atoms with van der Waals surface area (Å²) in [6, 6.07) is 18.6. The molecule has 0 amide bonds. The Morgan fingerprint density at radius 1 is 0.800 bits per heavy atom. The van der Waals surface area contributed by atoms with E-state index in [0.29, 0.717) is 0 Å². The van der Waals surface area contributed by atoms with E-state index in [1.807, 2.05) is 30.6 Å². The third-order valence-electron chi connectivity index (χ3n) is 6.24. The van der Waals surface area contributed by atoms with Gasteiger partial charge in [0.2, 0.25) is 0 Å². The first-order chi connectivity index (χ1) is 14.7. The summed E-state index contributed by atoms with van der Waals surface area (Å²) in [6.45, 7) is 2.22. The number of para-hydroxylation sites is 1. The largest absolute Gasteiger partial charge is 0.496 e. The molecule has 1 unspecified atom stereocenters. The lowest BCUT2D eigenvalue weighted by Gasteiger charge is -2.33. The predicted molar refractivity (Wildman–Crippen MR) is 119 cm³/mol. The van der Waals surface area contributed by atoms with E-state index in [-0.39, 0.29) is 6.10 Å². The zero-order chi connectivity index (χ0) is 21.0. The van der Waals surface area contributed by atoms with Gasteiger partial charge in [-0.1, -0.05) is 24.3 Å². The number of methoxy groups -OCH3 is 2.